The number of rotatable bonds is 46. The molecule has 0 radical (unpaired) electrons. The van der Waals surface area contributed by atoms with Crippen LogP contribution >= 0.6 is 0 Å². The maximum Gasteiger partial charge on any atom is 0.220 e. The van der Waals surface area contributed by atoms with E-state index in [1.54, 1.807) is 0 Å². The lowest BCUT2D eigenvalue weighted by atomic mass is 9.99. The third-order valence-corrected chi connectivity index (χ3v) is 12.0. The molecule has 0 aliphatic carbocycles. The van der Waals surface area contributed by atoms with Crippen molar-refractivity contribution in [2.24, 2.45) is 0 Å². The minimum atomic E-state index is -1.13. The molecule has 0 heterocycles. The lowest BCUT2D eigenvalue weighted by molar-refractivity contribution is -0.124. The average Bonchev–Trinajstić information content (AvgIpc) is 3.18. The van der Waals surface area contributed by atoms with Gasteiger partial charge in [0.1, 0.15) is 6.10 Å². The summed E-state index contributed by atoms with van der Waals surface area (Å²) in [5, 5.41) is 33.6. The Morgan fingerprint density at radius 3 is 0.889 bits per heavy atom. The Kier molecular flexibility index (Phi) is 44.5. The molecular weight excluding hydrogens is 667 g/mol. The van der Waals surface area contributed by atoms with E-state index in [-0.39, 0.29) is 12.5 Å². The minimum absolute atomic E-state index is 0.138. The fourth-order valence-electron chi connectivity index (χ4n) is 8.11. The SMILES string of the molecule is CCCCCCCCCCCCCCCCCCCCCCCCCCCC(=O)N[C@@H](CO)[C@H](O)[C@H](O)CCCCCCCCCCCCCCCCC. The van der Waals surface area contributed by atoms with Crippen molar-refractivity contribution in [1.82, 2.24) is 5.32 Å². The predicted octanol–water partition coefficient (Wildman–Crippen LogP) is 14.6. The van der Waals surface area contributed by atoms with Crippen molar-refractivity contribution >= 4 is 5.91 Å². The van der Waals surface area contributed by atoms with Crippen molar-refractivity contribution in [2.75, 3.05) is 6.61 Å². The van der Waals surface area contributed by atoms with Gasteiger partial charge in [-0.3, -0.25) is 4.79 Å². The summed E-state index contributed by atoms with van der Waals surface area (Å²) in [5.74, 6) is -0.138. The van der Waals surface area contributed by atoms with Gasteiger partial charge in [-0.25, -0.2) is 0 Å². The molecule has 0 fully saturated rings. The molecule has 5 heteroatoms. The topological polar surface area (TPSA) is 89.8 Å². The normalized spacial score (nSPS) is 13.4. The van der Waals surface area contributed by atoms with Crippen LogP contribution in [0, 0.1) is 0 Å². The second kappa shape index (κ2) is 45.1. The van der Waals surface area contributed by atoms with Crippen LogP contribution in [0.4, 0.5) is 0 Å². The molecule has 4 N–H and O–H groups in total. The summed E-state index contributed by atoms with van der Waals surface area (Å²) >= 11 is 0. The molecule has 0 aromatic heterocycles. The highest BCUT2D eigenvalue weighted by molar-refractivity contribution is 5.76. The van der Waals surface area contributed by atoms with Gasteiger partial charge in [-0.15, -0.1) is 0 Å². The van der Waals surface area contributed by atoms with Crippen LogP contribution < -0.4 is 5.32 Å². The Morgan fingerprint density at radius 1 is 0.389 bits per heavy atom. The first-order chi connectivity index (χ1) is 26.6. The lowest BCUT2D eigenvalue weighted by Gasteiger charge is -2.26. The molecule has 0 saturated heterocycles. The van der Waals surface area contributed by atoms with E-state index in [1.807, 2.05) is 0 Å². The molecular formula is C49H99NO4. The van der Waals surface area contributed by atoms with Crippen molar-refractivity contribution in [3.63, 3.8) is 0 Å². The molecule has 0 aromatic rings. The van der Waals surface area contributed by atoms with Gasteiger partial charge in [-0.1, -0.05) is 264 Å². The molecule has 0 saturated carbocycles. The van der Waals surface area contributed by atoms with E-state index in [0.717, 1.165) is 32.1 Å². The summed E-state index contributed by atoms with van der Waals surface area (Å²) in [6.45, 7) is 4.21. The summed E-state index contributed by atoms with van der Waals surface area (Å²) in [6, 6.07) is -0.803. The van der Waals surface area contributed by atoms with Crippen LogP contribution in [-0.4, -0.2) is 46.1 Å². The van der Waals surface area contributed by atoms with E-state index >= 15 is 0 Å². The number of nitrogens with one attached hydrogen (secondary N) is 1. The number of amides is 1. The number of unbranched alkanes of at least 4 members (excludes halogenated alkanes) is 38. The number of carbonyl (C=O) groups is 1. The molecule has 0 aromatic carbocycles. The zero-order valence-electron chi connectivity index (χ0n) is 36.9. The summed E-state index contributed by atoms with van der Waals surface area (Å²) in [6.07, 6.45) is 52.3. The Labute approximate surface area is 338 Å². The second-order valence-corrected chi connectivity index (χ2v) is 17.4. The maximum absolute atomic E-state index is 12.5. The molecule has 0 spiro atoms. The summed E-state index contributed by atoms with van der Waals surface area (Å²) in [4.78, 5) is 12.5. The number of hydrogen-bond donors (Lipinski definition) is 4. The molecule has 5 nitrogen and oxygen atoms in total. The molecule has 0 bridgehead atoms. The van der Waals surface area contributed by atoms with Crippen LogP contribution in [0.25, 0.3) is 0 Å². The predicted molar refractivity (Wildman–Crippen MR) is 236 cm³/mol. The molecule has 0 aliphatic heterocycles. The molecule has 0 rings (SSSR count). The quantitative estimate of drug-likeness (QED) is 0.0465. The Hall–Kier alpha value is -0.650. The smallest absolute Gasteiger partial charge is 0.220 e. The van der Waals surface area contributed by atoms with Crippen molar-refractivity contribution in [2.45, 2.75) is 302 Å². The van der Waals surface area contributed by atoms with Crippen LogP contribution in [0.3, 0.4) is 0 Å². The number of hydrogen-bond acceptors (Lipinski definition) is 4. The number of aliphatic hydroxyl groups is 3. The van der Waals surface area contributed by atoms with Gasteiger partial charge in [0.05, 0.1) is 18.8 Å². The summed E-state index contributed by atoms with van der Waals surface area (Å²) in [7, 11) is 0. The van der Waals surface area contributed by atoms with Gasteiger partial charge >= 0.3 is 0 Å². The number of carbonyl (C=O) groups excluding carboxylic acids is 1. The zero-order valence-corrected chi connectivity index (χ0v) is 36.9. The molecule has 54 heavy (non-hydrogen) atoms. The minimum Gasteiger partial charge on any atom is -0.394 e. The van der Waals surface area contributed by atoms with Gasteiger partial charge in [0.15, 0.2) is 0 Å². The van der Waals surface area contributed by atoms with Gasteiger partial charge in [0.2, 0.25) is 5.91 Å². The van der Waals surface area contributed by atoms with E-state index < -0.39 is 18.2 Å². The van der Waals surface area contributed by atoms with E-state index in [2.05, 4.69) is 19.2 Å². The van der Waals surface area contributed by atoms with E-state index in [9.17, 15) is 20.1 Å². The fraction of sp³-hybridized carbons (Fsp3) is 0.980. The Morgan fingerprint density at radius 2 is 0.630 bits per heavy atom. The largest absolute Gasteiger partial charge is 0.394 e. The van der Waals surface area contributed by atoms with Gasteiger partial charge in [0, 0.05) is 6.42 Å². The lowest BCUT2D eigenvalue weighted by Crippen LogP contribution is -2.50. The van der Waals surface area contributed by atoms with Gasteiger partial charge in [-0.2, -0.15) is 0 Å². The van der Waals surface area contributed by atoms with Crippen molar-refractivity contribution in [3.8, 4) is 0 Å². The highest BCUT2D eigenvalue weighted by Gasteiger charge is 2.26. The monoisotopic (exact) mass is 766 g/mol. The second-order valence-electron chi connectivity index (χ2n) is 17.4. The Bertz CT molecular complexity index is 718. The standard InChI is InChI=1S/C49H99NO4/c1-3-5-7-9-11-13-15-17-19-20-21-22-23-24-25-26-27-28-30-32-34-36-38-40-42-44-48(53)50-46(45-51)49(54)47(52)43-41-39-37-35-33-31-29-18-16-14-12-10-8-6-4-2/h46-47,49,51-52,54H,3-45H2,1-2H3,(H,50,53)/t46-,47+,49-/m0/s1. The van der Waals surface area contributed by atoms with E-state index in [1.165, 1.54) is 225 Å². The van der Waals surface area contributed by atoms with Gasteiger partial charge in [0.25, 0.3) is 0 Å². The zero-order chi connectivity index (χ0) is 39.4. The van der Waals surface area contributed by atoms with Crippen LogP contribution in [0.15, 0.2) is 0 Å². The van der Waals surface area contributed by atoms with E-state index in [0.29, 0.717) is 12.8 Å². The molecule has 0 unspecified atom stereocenters. The highest BCUT2D eigenvalue weighted by atomic mass is 16.3. The molecule has 3 atom stereocenters. The average molecular weight is 766 g/mol. The third kappa shape index (κ3) is 39.6. The molecule has 0 aliphatic rings. The van der Waals surface area contributed by atoms with Crippen LogP contribution in [0.5, 0.6) is 0 Å². The first kappa shape index (κ1) is 53.4. The first-order valence-electron chi connectivity index (χ1n) is 24.8. The van der Waals surface area contributed by atoms with Crippen LogP contribution in [-0.2, 0) is 4.79 Å². The first-order valence-corrected chi connectivity index (χ1v) is 24.8. The van der Waals surface area contributed by atoms with Crippen molar-refractivity contribution < 1.29 is 20.1 Å². The van der Waals surface area contributed by atoms with Crippen LogP contribution in [0.1, 0.15) is 284 Å². The third-order valence-electron chi connectivity index (χ3n) is 12.0. The number of aliphatic hydroxyl groups excluding tert-OH is 3. The maximum atomic E-state index is 12.5. The molecule has 324 valence electrons. The van der Waals surface area contributed by atoms with Crippen molar-refractivity contribution in [1.29, 1.82) is 0 Å². The van der Waals surface area contributed by atoms with Crippen LogP contribution in [0.2, 0.25) is 0 Å². The van der Waals surface area contributed by atoms with E-state index in [4.69, 9.17) is 0 Å². The van der Waals surface area contributed by atoms with Gasteiger partial charge < -0.3 is 20.6 Å². The van der Waals surface area contributed by atoms with Gasteiger partial charge in [-0.05, 0) is 12.8 Å². The summed E-state index contributed by atoms with van der Waals surface area (Å²) < 4.78 is 0. The van der Waals surface area contributed by atoms with Crippen molar-refractivity contribution in [3.05, 3.63) is 0 Å². The summed E-state index contributed by atoms with van der Waals surface area (Å²) in [5.41, 5.74) is 0. The fourth-order valence-corrected chi connectivity index (χ4v) is 8.11. The highest BCUT2D eigenvalue weighted by Crippen LogP contribution is 2.18. The molecule has 1 amide bonds. The Balaban J connectivity index is 3.51.